The van der Waals surface area contributed by atoms with Gasteiger partial charge in [0.25, 0.3) is 5.91 Å². The highest BCUT2D eigenvalue weighted by atomic mass is 35.5. The fraction of sp³-hybridized carbons (Fsp3) is 0.333. The van der Waals surface area contributed by atoms with E-state index in [4.69, 9.17) is 16.3 Å². The van der Waals surface area contributed by atoms with Crippen molar-refractivity contribution in [3.05, 3.63) is 53.3 Å². The first kappa shape index (κ1) is 16.6. The Morgan fingerprint density at radius 3 is 2.62 bits per heavy atom. The standard InChI is InChI=1S/C18H20ClN3O2/c1-20-18(23)16-11-13(12-17(19)21-16)22-9-7-15(8-10-22)24-14-5-3-2-4-6-14/h2-6,11-12,15H,7-10H2,1H3,(H,20,23). The number of pyridine rings is 1. The first-order chi connectivity index (χ1) is 11.7. The summed E-state index contributed by atoms with van der Waals surface area (Å²) in [5, 5.41) is 2.90. The summed E-state index contributed by atoms with van der Waals surface area (Å²) in [4.78, 5) is 18.1. The molecular weight excluding hydrogens is 326 g/mol. The van der Waals surface area contributed by atoms with E-state index < -0.39 is 0 Å². The molecule has 0 spiro atoms. The molecule has 1 aliphatic heterocycles. The van der Waals surface area contributed by atoms with Crippen molar-refractivity contribution in [2.75, 3.05) is 25.0 Å². The van der Waals surface area contributed by atoms with Crippen LogP contribution in [0.1, 0.15) is 23.3 Å². The van der Waals surface area contributed by atoms with E-state index in [0.717, 1.165) is 37.4 Å². The Hall–Kier alpha value is -2.27. The molecule has 1 aromatic heterocycles. The van der Waals surface area contributed by atoms with Crippen molar-refractivity contribution in [2.45, 2.75) is 18.9 Å². The minimum absolute atomic E-state index is 0.208. The number of nitrogens with zero attached hydrogens (tertiary/aromatic N) is 2. The maximum Gasteiger partial charge on any atom is 0.269 e. The van der Waals surface area contributed by atoms with Crippen molar-refractivity contribution in [1.29, 1.82) is 0 Å². The van der Waals surface area contributed by atoms with Gasteiger partial charge in [-0.2, -0.15) is 0 Å². The molecule has 5 nitrogen and oxygen atoms in total. The number of anilines is 1. The van der Waals surface area contributed by atoms with Gasteiger partial charge in [0, 0.05) is 38.7 Å². The third-order valence-electron chi connectivity index (χ3n) is 4.09. The van der Waals surface area contributed by atoms with Gasteiger partial charge in [-0.15, -0.1) is 0 Å². The summed E-state index contributed by atoms with van der Waals surface area (Å²) >= 11 is 6.06. The quantitative estimate of drug-likeness (QED) is 0.865. The van der Waals surface area contributed by atoms with Crippen LogP contribution in [0.2, 0.25) is 5.15 Å². The maximum atomic E-state index is 11.8. The number of rotatable bonds is 4. The van der Waals surface area contributed by atoms with Crippen LogP contribution >= 0.6 is 11.6 Å². The molecule has 2 aromatic rings. The van der Waals surface area contributed by atoms with Gasteiger partial charge < -0.3 is 15.0 Å². The third kappa shape index (κ3) is 3.97. The van der Waals surface area contributed by atoms with Crippen LogP contribution in [0.3, 0.4) is 0 Å². The lowest BCUT2D eigenvalue weighted by molar-refractivity contribution is 0.0958. The highest BCUT2D eigenvalue weighted by Gasteiger charge is 2.22. The lowest BCUT2D eigenvalue weighted by Crippen LogP contribution is -2.38. The van der Waals surface area contributed by atoms with Crippen LogP contribution in [0.5, 0.6) is 5.75 Å². The van der Waals surface area contributed by atoms with Gasteiger partial charge in [-0.3, -0.25) is 4.79 Å². The van der Waals surface area contributed by atoms with Crippen LogP contribution in [-0.4, -0.2) is 37.1 Å². The minimum atomic E-state index is -0.235. The van der Waals surface area contributed by atoms with Crippen molar-refractivity contribution in [3.8, 4) is 5.75 Å². The summed E-state index contributed by atoms with van der Waals surface area (Å²) in [5.74, 6) is 0.672. The summed E-state index contributed by atoms with van der Waals surface area (Å²) in [6.45, 7) is 1.70. The number of piperidine rings is 1. The largest absolute Gasteiger partial charge is 0.490 e. The van der Waals surface area contributed by atoms with E-state index in [-0.39, 0.29) is 12.0 Å². The fourth-order valence-electron chi connectivity index (χ4n) is 2.83. The van der Waals surface area contributed by atoms with Crippen LogP contribution in [0.15, 0.2) is 42.5 Å². The number of amides is 1. The van der Waals surface area contributed by atoms with Crippen LogP contribution in [-0.2, 0) is 0 Å². The number of halogens is 1. The van der Waals surface area contributed by atoms with Crippen LogP contribution < -0.4 is 15.0 Å². The molecule has 0 atom stereocenters. The summed E-state index contributed by atoms with van der Waals surface area (Å²) in [7, 11) is 1.58. The van der Waals surface area contributed by atoms with Gasteiger partial charge in [-0.25, -0.2) is 4.98 Å². The molecule has 126 valence electrons. The Kier molecular flexibility index (Phi) is 5.20. The molecule has 1 amide bonds. The molecule has 0 aliphatic carbocycles. The number of aromatic nitrogens is 1. The molecule has 0 unspecified atom stereocenters. The topological polar surface area (TPSA) is 54.5 Å². The van der Waals surface area contributed by atoms with Gasteiger partial charge in [-0.05, 0) is 24.3 Å². The zero-order valence-electron chi connectivity index (χ0n) is 13.5. The van der Waals surface area contributed by atoms with Crippen LogP contribution in [0.25, 0.3) is 0 Å². The highest BCUT2D eigenvalue weighted by Crippen LogP contribution is 2.25. The van der Waals surface area contributed by atoms with Crippen molar-refractivity contribution < 1.29 is 9.53 Å². The Morgan fingerprint density at radius 1 is 1.25 bits per heavy atom. The van der Waals surface area contributed by atoms with Gasteiger partial charge in [0.05, 0.1) is 0 Å². The number of hydrogen-bond acceptors (Lipinski definition) is 4. The van der Waals surface area contributed by atoms with E-state index in [2.05, 4.69) is 15.2 Å². The van der Waals surface area contributed by atoms with Crippen molar-refractivity contribution in [1.82, 2.24) is 10.3 Å². The molecule has 1 saturated heterocycles. The lowest BCUT2D eigenvalue weighted by atomic mass is 10.1. The fourth-order valence-corrected chi connectivity index (χ4v) is 3.04. The number of nitrogens with one attached hydrogen (secondary N) is 1. The first-order valence-electron chi connectivity index (χ1n) is 8.02. The smallest absolute Gasteiger partial charge is 0.269 e. The van der Waals surface area contributed by atoms with E-state index in [1.54, 1.807) is 19.2 Å². The van der Waals surface area contributed by atoms with Gasteiger partial charge in [-0.1, -0.05) is 29.8 Å². The molecule has 1 aromatic carbocycles. The van der Waals surface area contributed by atoms with Crippen molar-refractivity contribution in [2.24, 2.45) is 0 Å². The monoisotopic (exact) mass is 345 g/mol. The summed E-state index contributed by atoms with van der Waals surface area (Å²) in [6, 6.07) is 13.5. The molecule has 24 heavy (non-hydrogen) atoms. The summed E-state index contributed by atoms with van der Waals surface area (Å²) in [6.07, 6.45) is 2.05. The van der Waals surface area contributed by atoms with E-state index in [1.165, 1.54) is 0 Å². The number of ether oxygens (including phenoxy) is 1. The van der Waals surface area contributed by atoms with E-state index in [1.807, 2.05) is 30.3 Å². The minimum Gasteiger partial charge on any atom is -0.490 e. The van der Waals surface area contributed by atoms with Gasteiger partial charge in [0.2, 0.25) is 0 Å². The second kappa shape index (κ2) is 7.53. The molecule has 0 bridgehead atoms. The highest BCUT2D eigenvalue weighted by molar-refractivity contribution is 6.29. The normalized spacial score (nSPS) is 15.2. The maximum absolute atomic E-state index is 11.8. The molecule has 3 rings (SSSR count). The number of benzene rings is 1. The predicted octanol–water partition coefficient (Wildman–Crippen LogP) is 3.14. The zero-order chi connectivity index (χ0) is 16.9. The number of para-hydroxylation sites is 1. The van der Waals surface area contributed by atoms with Crippen molar-refractivity contribution in [3.63, 3.8) is 0 Å². The molecular formula is C18H20ClN3O2. The molecule has 6 heteroatoms. The Labute approximate surface area is 146 Å². The molecule has 0 saturated carbocycles. The number of carbonyl (C=O) groups excluding carboxylic acids is 1. The average Bonchev–Trinajstić information content (AvgIpc) is 2.62. The molecule has 0 radical (unpaired) electrons. The lowest BCUT2D eigenvalue weighted by Gasteiger charge is -2.33. The van der Waals surface area contributed by atoms with E-state index in [0.29, 0.717) is 10.8 Å². The number of carbonyl (C=O) groups is 1. The Morgan fingerprint density at radius 2 is 1.96 bits per heavy atom. The van der Waals surface area contributed by atoms with Crippen LogP contribution in [0, 0.1) is 0 Å². The van der Waals surface area contributed by atoms with E-state index >= 15 is 0 Å². The SMILES string of the molecule is CNC(=O)c1cc(N2CCC(Oc3ccccc3)CC2)cc(Cl)n1. The van der Waals surface area contributed by atoms with Gasteiger partial charge in [0.1, 0.15) is 22.7 Å². The van der Waals surface area contributed by atoms with Gasteiger partial charge >= 0.3 is 0 Å². The van der Waals surface area contributed by atoms with Gasteiger partial charge in [0.15, 0.2) is 0 Å². The predicted molar refractivity (Wildman–Crippen MR) is 94.9 cm³/mol. The average molecular weight is 346 g/mol. The first-order valence-corrected chi connectivity index (χ1v) is 8.40. The zero-order valence-corrected chi connectivity index (χ0v) is 14.3. The van der Waals surface area contributed by atoms with Crippen molar-refractivity contribution >= 4 is 23.2 Å². The second-order valence-electron chi connectivity index (χ2n) is 5.73. The molecule has 1 N–H and O–H groups in total. The molecule has 1 fully saturated rings. The molecule has 2 heterocycles. The summed E-state index contributed by atoms with van der Waals surface area (Å²) in [5.41, 5.74) is 1.26. The Balaban J connectivity index is 1.64. The Bertz CT molecular complexity index is 701. The van der Waals surface area contributed by atoms with Crippen LogP contribution in [0.4, 0.5) is 5.69 Å². The molecule has 1 aliphatic rings. The second-order valence-corrected chi connectivity index (χ2v) is 6.12. The van der Waals surface area contributed by atoms with E-state index in [9.17, 15) is 4.79 Å². The third-order valence-corrected chi connectivity index (χ3v) is 4.29. The summed E-state index contributed by atoms with van der Waals surface area (Å²) < 4.78 is 6.01. The number of hydrogen-bond donors (Lipinski definition) is 1.